The first-order chi connectivity index (χ1) is 3.77. The van der Waals surface area contributed by atoms with E-state index in [1.807, 2.05) is 0 Å². The van der Waals surface area contributed by atoms with Crippen molar-refractivity contribution < 1.29 is 0 Å². The van der Waals surface area contributed by atoms with Crippen LogP contribution in [0.4, 0.5) is 0 Å². The highest BCUT2D eigenvalue weighted by Gasteiger charge is 1.81. The van der Waals surface area contributed by atoms with Crippen molar-refractivity contribution in [2.45, 2.75) is 0 Å². The lowest BCUT2D eigenvalue weighted by Gasteiger charge is -1.96. The molecule has 0 saturated heterocycles. The Hall–Kier alpha value is -0.220. The normalized spacial score (nSPS) is 8.00. The molecule has 0 aromatic carbocycles. The average Bonchev–Trinajstić information content (AvgIpc) is 1.66. The lowest BCUT2D eigenvalue weighted by Crippen LogP contribution is -2.22. The van der Waals surface area contributed by atoms with E-state index in [0.29, 0.717) is 5.11 Å². The van der Waals surface area contributed by atoms with E-state index in [4.69, 9.17) is 5.73 Å². The predicted octanol–water partition coefficient (Wildman–Crippen LogP) is 0.654. The molecule has 0 unspecified atom stereocenters. The second kappa shape index (κ2) is 4.93. The minimum atomic E-state index is 0.317. The van der Waals surface area contributed by atoms with Crippen LogP contribution in [-0.2, 0) is 0 Å². The summed E-state index contributed by atoms with van der Waals surface area (Å²) in [7, 11) is 0. The van der Waals surface area contributed by atoms with Crippen LogP contribution in [0.3, 0.4) is 0 Å². The summed E-state index contributed by atoms with van der Waals surface area (Å²) in [6.45, 7) is 3.51. The fourth-order valence-electron chi connectivity index (χ4n) is 0.172. The Morgan fingerprint density at radius 1 is 2.00 bits per heavy atom. The summed E-state index contributed by atoms with van der Waals surface area (Å²) in [5, 5.41) is 0.317. The van der Waals surface area contributed by atoms with Gasteiger partial charge in [0.05, 0.1) is 0 Å². The van der Waals surface area contributed by atoms with Crippen molar-refractivity contribution in [1.82, 2.24) is 4.72 Å². The Labute approximate surface area is 58.7 Å². The van der Waals surface area contributed by atoms with E-state index in [2.05, 4.69) is 23.5 Å². The molecule has 0 bridgehead atoms. The van der Waals surface area contributed by atoms with Gasteiger partial charge in [-0.3, -0.25) is 0 Å². The summed E-state index contributed by atoms with van der Waals surface area (Å²) < 4.78 is 2.70. The van der Waals surface area contributed by atoms with Crippen molar-refractivity contribution >= 4 is 29.3 Å². The number of nitrogens with two attached hydrogens (primary N) is 1. The maximum atomic E-state index is 5.10. The zero-order valence-electron chi connectivity index (χ0n) is 4.39. The second-order valence-electron chi connectivity index (χ2n) is 1.07. The van der Waals surface area contributed by atoms with Crippen LogP contribution in [0.25, 0.3) is 0 Å². The van der Waals surface area contributed by atoms with Crippen LogP contribution in [-0.4, -0.2) is 10.9 Å². The number of nitrogens with one attached hydrogen (secondary N) is 1. The zero-order chi connectivity index (χ0) is 6.41. The number of hydrogen-bond donors (Lipinski definition) is 2. The highest BCUT2D eigenvalue weighted by atomic mass is 32.2. The molecule has 0 atom stereocenters. The Balaban J connectivity index is 2.93. The Kier molecular flexibility index (Phi) is 4.79. The molecule has 46 valence electrons. The van der Waals surface area contributed by atoms with Crippen molar-refractivity contribution in [3.63, 3.8) is 0 Å². The summed E-state index contributed by atoms with van der Waals surface area (Å²) in [6, 6.07) is 0. The first kappa shape index (κ1) is 7.78. The first-order valence-electron chi connectivity index (χ1n) is 2.05. The molecule has 0 aromatic heterocycles. The molecule has 8 heavy (non-hydrogen) atoms. The van der Waals surface area contributed by atoms with Crippen LogP contribution >= 0.6 is 24.2 Å². The minimum absolute atomic E-state index is 0.317. The van der Waals surface area contributed by atoms with Crippen LogP contribution in [0.5, 0.6) is 0 Å². The van der Waals surface area contributed by atoms with E-state index in [-0.39, 0.29) is 0 Å². The molecule has 0 fully saturated rings. The summed E-state index contributed by atoms with van der Waals surface area (Å²) in [5.41, 5.74) is 5.10. The maximum Gasteiger partial charge on any atom is 0.173 e. The SMILES string of the molecule is C=CCSNC(N)=S. The Bertz CT molecular complexity index is 92.0. The van der Waals surface area contributed by atoms with Crippen molar-refractivity contribution in [3.05, 3.63) is 12.7 Å². The zero-order valence-corrected chi connectivity index (χ0v) is 6.02. The van der Waals surface area contributed by atoms with Gasteiger partial charge in [0.1, 0.15) is 0 Å². The quantitative estimate of drug-likeness (QED) is 0.267. The van der Waals surface area contributed by atoms with Gasteiger partial charge in [0, 0.05) is 5.75 Å². The highest BCUT2D eigenvalue weighted by molar-refractivity contribution is 7.99. The predicted molar refractivity (Wildman–Crippen MR) is 42.6 cm³/mol. The van der Waals surface area contributed by atoms with E-state index in [1.165, 1.54) is 11.9 Å². The minimum Gasteiger partial charge on any atom is -0.376 e. The molecule has 0 heterocycles. The summed E-state index contributed by atoms with van der Waals surface area (Å²) >= 11 is 5.95. The average molecular weight is 148 g/mol. The topological polar surface area (TPSA) is 38.0 Å². The summed E-state index contributed by atoms with van der Waals surface area (Å²) in [6.07, 6.45) is 1.77. The van der Waals surface area contributed by atoms with Crippen LogP contribution in [0.1, 0.15) is 0 Å². The van der Waals surface area contributed by atoms with Crippen molar-refractivity contribution in [2.24, 2.45) is 5.73 Å². The van der Waals surface area contributed by atoms with Gasteiger partial charge < -0.3 is 10.5 Å². The van der Waals surface area contributed by atoms with E-state index in [0.717, 1.165) is 5.75 Å². The first-order valence-corrected chi connectivity index (χ1v) is 3.45. The fraction of sp³-hybridized carbons (Fsp3) is 0.250. The molecule has 0 amide bonds. The molecule has 2 nitrogen and oxygen atoms in total. The third kappa shape index (κ3) is 5.78. The monoisotopic (exact) mass is 148 g/mol. The van der Waals surface area contributed by atoms with Crippen LogP contribution < -0.4 is 10.5 Å². The van der Waals surface area contributed by atoms with E-state index in [9.17, 15) is 0 Å². The number of rotatable bonds is 3. The van der Waals surface area contributed by atoms with E-state index >= 15 is 0 Å². The third-order valence-corrected chi connectivity index (χ3v) is 1.37. The van der Waals surface area contributed by atoms with E-state index in [1.54, 1.807) is 6.08 Å². The largest absolute Gasteiger partial charge is 0.376 e. The molecule has 0 radical (unpaired) electrons. The molecule has 0 aliphatic carbocycles. The molecule has 0 aliphatic heterocycles. The standard InChI is InChI=1S/C4H8N2S2/c1-2-3-8-6-4(5)7/h2H,1,3H2,(H3,5,6,7). The van der Waals surface area contributed by atoms with Gasteiger partial charge in [0.2, 0.25) is 0 Å². The molecular weight excluding hydrogens is 140 g/mol. The molecular formula is C4H8N2S2. The smallest absolute Gasteiger partial charge is 0.173 e. The third-order valence-electron chi connectivity index (χ3n) is 0.374. The number of thiocarbonyl (C=S) groups is 1. The van der Waals surface area contributed by atoms with Gasteiger partial charge in [-0.05, 0) is 24.2 Å². The Morgan fingerprint density at radius 2 is 2.62 bits per heavy atom. The van der Waals surface area contributed by atoms with Gasteiger partial charge in [0.15, 0.2) is 5.11 Å². The van der Waals surface area contributed by atoms with Crippen LogP contribution in [0.15, 0.2) is 12.7 Å². The van der Waals surface area contributed by atoms with Gasteiger partial charge in [-0.25, -0.2) is 0 Å². The highest BCUT2D eigenvalue weighted by Crippen LogP contribution is 1.89. The molecule has 0 aromatic rings. The summed E-state index contributed by atoms with van der Waals surface area (Å²) in [5.74, 6) is 0.817. The lowest BCUT2D eigenvalue weighted by atomic mass is 10.8. The van der Waals surface area contributed by atoms with Crippen molar-refractivity contribution in [1.29, 1.82) is 0 Å². The molecule has 4 heteroatoms. The maximum absolute atomic E-state index is 5.10. The van der Waals surface area contributed by atoms with Gasteiger partial charge in [-0.2, -0.15) is 0 Å². The molecule has 3 N–H and O–H groups in total. The van der Waals surface area contributed by atoms with Gasteiger partial charge in [-0.15, -0.1) is 6.58 Å². The molecule has 0 aliphatic rings. The fourth-order valence-corrected chi connectivity index (χ4v) is 0.692. The Morgan fingerprint density at radius 3 is 3.00 bits per heavy atom. The molecule has 0 rings (SSSR count). The van der Waals surface area contributed by atoms with Gasteiger partial charge in [0.25, 0.3) is 0 Å². The number of hydrogen-bond acceptors (Lipinski definition) is 2. The molecule has 0 saturated carbocycles. The summed E-state index contributed by atoms with van der Waals surface area (Å²) in [4.78, 5) is 0. The van der Waals surface area contributed by atoms with Crippen LogP contribution in [0, 0.1) is 0 Å². The lowest BCUT2D eigenvalue weighted by molar-refractivity contribution is 1.49. The van der Waals surface area contributed by atoms with Crippen molar-refractivity contribution in [3.8, 4) is 0 Å². The molecule has 0 spiro atoms. The van der Waals surface area contributed by atoms with Crippen LogP contribution in [0.2, 0.25) is 0 Å². The van der Waals surface area contributed by atoms with Crippen molar-refractivity contribution in [2.75, 3.05) is 5.75 Å². The van der Waals surface area contributed by atoms with Gasteiger partial charge in [-0.1, -0.05) is 6.08 Å². The van der Waals surface area contributed by atoms with Gasteiger partial charge >= 0.3 is 0 Å². The second-order valence-corrected chi connectivity index (χ2v) is 2.33. The van der Waals surface area contributed by atoms with E-state index < -0.39 is 0 Å².